The first kappa shape index (κ1) is 26.9. The maximum absolute atomic E-state index is 2.59. The summed E-state index contributed by atoms with van der Waals surface area (Å²) in [4.78, 5) is 0. The SMILES string of the molecule is CCCCCCCCc1c2cc3c4ccccc4c4cccc(c2c(C)c2c5cc6ccc(C)cc6c6cc(C)cc(c12)c65)c43. The third kappa shape index (κ3) is 3.78. The maximum atomic E-state index is 2.59. The highest BCUT2D eigenvalue weighted by Crippen LogP contribution is 2.50. The third-order valence-corrected chi connectivity index (χ3v) is 11.0. The zero-order chi connectivity index (χ0) is 30.4. The minimum atomic E-state index is 1.12. The topological polar surface area (TPSA) is 0 Å². The Morgan fingerprint density at radius 1 is 0.400 bits per heavy atom. The van der Waals surface area contributed by atoms with Gasteiger partial charge in [0, 0.05) is 0 Å². The largest absolute Gasteiger partial charge is 0.0654 e. The quantitative estimate of drug-likeness (QED) is 0.130. The lowest BCUT2D eigenvalue weighted by molar-refractivity contribution is 0.609. The molecule has 9 aromatic carbocycles. The first-order valence-electron chi connectivity index (χ1n) is 17.2. The standard InChI is InChI=1S/C45H40/c1-5-6-7-8-9-10-16-33-38-25-37-31-15-12-11-14-30(31)32-17-13-18-34(43(32)37)41(38)28(4)42-40-24-29-20-19-26(2)21-35(29)36-22-27(3)23-39(44(36)40)45(33)42/h11-15,17-25H,5-10,16H2,1-4H3. The van der Waals surface area contributed by atoms with Gasteiger partial charge in [-0.05, 0) is 149 Å². The molecule has 220 valence electrons. The third-order valence-electron chi connectivity index (χ3n) is 11.0. The molecule has 0 atom stereocenters. The molecule has 0 fully saturated rings. The van der Waals surface area contributed by atoms with E-state index in [0.29, 0.717) is 0 Å². The van der Waals surface area contributed by atoms with Crippen molar-refractivity contribution in [3.63, 3.8) is 0 Å². The summed E-state index contributed by atoms with van der Waals surface area (Å²) in [5, 5.41) is 22.8. The summed E-state index contributed by atoms with van der Waals surface area (Å²) in [6, 6.07) is 33.1. The summed E-state index contributed by atoms with van der Waals surface area (Å²) < 4.78 is 0. The summed E-state index contributed by atoms with van der Waals surface area (Å²) >= 11 is 0. The number of hydrogen-bond acceptors (Lipinski definition) is 0. The molecular formula is C45H40. The van der Waals surface area contributed by atoms with E-state index in [1.54, 1.807) is 5.56 Å². The van der Waals surface area contributed by atoms with Crippen molar-refractivity contribution < 1.29 is 0 Å². The predicted octanol–water partition coefficient (Wildman–Crippen LogP) is 13.6. The fourth-order valence-corrected chi connectivity index (χ4v) is 9.03. The molecular weight excluding hydrogens is 540 g/mol. The van der Waals surface area contributed by atoms with Crippen LogP contribution in [0.1, 0.15) is 67.7 Å². The van der Waals surface area contributed by atoms with Gasteiger partial charge in [-0.1, -0.05) is 117 Å². The van der Waals surface area contributed by atoms with Crippen molar-refractivity contribution in [3.8, 4) is 0 Å². The van der Waals surface area contributed by atoms with Crippen molar-refractivity contribution in [1.29, 1.82) is 0 Å². The van der Waals surface area contributed by atoms with Crippen molar-refractivity contribution >= 4 is 86.2 Å². The molecule has 0 radical (unpaired) electrons. The van der Waals surface area contributed by atoms with Crippen LogP contribution in [0.5, 0.6) is 0 Å². The Kier molecular flexibility index (Phi) is 6.01. The smallest absolute Gasteiger partial charge is 0.00195 e. The summed E-state index contributed by atoms with van der Waals surface area (Å²) in [5.74, 6) is 0. The molecule has 0 spiro atoms. The highest BCUT2D eigenvalue weighted by Gasteiger charge is 2.24. The normalized spacial score (nSPS) is 12.6. The predicted molar refractivity (Wildman–Crippen MR) is 200 cm³/mol. The lowest BCUT2D eigenvalue weighted by Gasteiger charge is -2.16. The maximum Gasteiger partial charge on any atom is -0.00195 e. The number of aryl methyl sites for hydroxylation is 4. The molecule has 9 aromatic rings. The zero-order valence-corrected chi connectivity index (χ0v) is 27.0. The highest BCUT2D eigenvalue weighted by molar-refractivity contribution is 6.41. The molecule has 45 heavy (non-hydrogen) atoms. The average Bonchev–Trinajstić information content (AvgIpc) is 3.55. The number of benzene rings is 7. The number of unbranched alkanes of at least 4 members (excludes halogenated alkanes) is 5. The molecule has 0 aliphatic heterocycles. The molecule has 0 bridgehead atoms. The number of fused-ring (bicyclic) bond motifs is 10. The van der Waals surface area contributed by atoms with E-state index in [1.165, 1.54) is 141 Å². The second-order valence-electron chi connectivity index (χ2n) is 13.9. The van der Waals surface area contributed by atoms with Crippen molar-refractivity contribution in [3.05, 3.63) is 107 Å². The van der Waals surface area contributed by atoms with E-state index in [4.69, 9.17) is 0 Å². The molecule has 0 saturated carbocycles. The van der Waals surface area contributed by atoms with Crippen LogP contribution in [0.4, 0.5) is 0 Å². The van der Waals surface area contributed by atoms with Crippen LogP contribution in [0.25, 0.3) is 86.2 Å². The molecule has 0 amide bonds. The molecule has 9 rings (SSSR count). The molecule has 0 saturated heterocycles. The molecule has 0 aromatic heterocycles. The van der Waals surface area contributed by atoms with E-state index in [2.05, 4.69) is 113 Å². The summed E-state index contributed by atoms with van der Waals surface area (Å²) in [7, 11) is 0. The van der Waals surface area contributed by atoms with Crippen molar-refractivity contribution in [2.24, 2.45) is 0 Å². The van der Waals surface area contributed by atoms with Crippen LogP contribution in [-0.4, -0.2) is 0 Å². The van der Waals surface area contributed by atoms with Gasteiger partial charge in [0.05, 0.1) is 0 Å². The van der Waals surface area contributed by atoms with Gasteiger partial charge in [-0.15, -0.1) is 0 Å². The zero-order valence-electron chi connectivity index (χ0n) is 27.0. The van der Waals surface area contributed by atoms with Crippen LogP contribution in [0.3, 0.4) is 0 Å². The van der Waals surface area contributed by atoms with Crippen molar-refractivity contribution in [2.45, 2.75) is 72.6 Å². The average molecular weight is 581 g/mol. The minimum absolute atomic E-state index is 1.12. The summed E-state index contributed by atoms with van der Waals surface area (Å²) in [6.45, 7) is 9.23. The van der Waals surface area contributed by atoms with Gasteiger partial charge in [0.15, 0.2) is 0 Å². The van der Waals surface area contributed by atoms with Gasteiger partial charge in [0.1, 0.15) is 0 Å². The van der Waals surface area contributed by atoms with E-state index < -0.39 is 0 Å². The molecule has 0 heterocycles. The van der Waals surface area contributed by atoms with Crippen LogP contribution >= 0.6 is 0 Å². The molecule has 0 nitrogen and oxygen atoms in total. The summed E-state index contributed by atoms with van der Waals surface area (Å²) in [6.07, 6.45) is 9.01. The number of rotatable bonds is 7. The van der Waals surface area contributed by atoms with Gasteiger partial charge in [-0.2, -0.15) is 0 Å². The highest BCUT2D eigenvalue weighted by atomic mass is 14.3. The van der Waals surface area contributed by atoms with Gasteiger partial charge in [0.25, 0.3) is 0 Å². The van der Waals surface area contributed by atoms with Gasteiger partial charge >= 0.3 is 0 Å². The summed E-state index contributed by atoms with van der Waals surface area (Å²) in [5.41, 5.74) is 5.68. The molecule has 0 aliphatic carbocycles. The lowest BCUT2D eigenvalue weighted by Crippen LogP contribution is -1.94. The van der Waals surface area contributed by atoms with E-state index >= 15 is 0 Å². The first-order valence-corrected chi connectivity index (χ1v) is 17.2. The van der Waals surface area contributed by atoms with E-state index in [1.807, 2.05) is 0 Å². The van der Waals surface area contributed by atoms with Gasteiger partial charge in [-0.25, -0.2) is 0 Å². The Hall–Kier alpha value is -4.42. The molecule has 0 heteroatoms. The van der Waals surface area contributed by atoms with E-state index in [-0.39, 0.29) is 0 Å². The fraction of sp³-hybridized carbons (Fsp3) is 0.244. The Balaban J connectivity index is 1.47. The van der Waals surface area contributed by atoms with Crippen LogP contribution < -0.4 is 0 Å². The second kappa shape index (κ2) is 10.0. The molecule has 0 N–H and O–H groups in total. The van der Waals surface area contributed by atoms with Crippen LogP contribution in [0.15, 0.2) is 84.9 Å². The van der Waals surface area contributed by atoms with Crippen LogP contribution in [0, 0.1) is 20.8 Å². The molecule has 0 unspecified atom stereocenters. The van der Waals surface area contributed by atoms with Crippen LogP contribution in [-0.2, 0) is 6.42 Å². The Morgan fingerprint density at radius 2 is 1.04 bits per heavy atom. The van der Waals surface area contributed by atoms with E-state index in [9.17, 15) is 0 Å². The van der Waals surface area contributed by atoms with Gasteiger partial charge in [-0.3, -0.25) is 0 Å². The Labute approximate surface area is 265 Å². The fourth-order valence-electron chi connectivity index (χ4n) is 9.03. The van der Waals surface area contributed by atoms with Crippen molar-refractivity contribution in [1.82, 2.24) is 0 Å². The Bertz CT molecular complexity index is 2600. The molecule has 0 aliphatic rings. The van der Waals surface area contributed by atoms with Gasteiger partial charge < -0.3 is 0 Å². The van der Waals surface area contributed by atoms with E-state index in [0.717, 1.165) is 6.42 Å². The second-order valence-corrected chi connectivity index (χ2v) is 13.9. The number of hydrogen-bond donors (Lipinski definition) is 0. The van der Waals surface area contributed by atoms with Crippen molar-refractivity contribution in [2.75, 3.05) is 0 Å². The van der Waals surface area contributed by atoms with Gasteiger partial charge in [0.2, 0.25) is 0 Å². The minimum Gasteiger partial charge on any atom is -0.0654 e. The lowest BCUT2D eigenvalue weighted by atomic mass is 9.87. The first-order chi connectivity index (χ1) is 22.0. The Morgan fingerprint density at radius 3 is 1.89 bits per heavy atom. The van der Waals surface area contributed by atoms with Crippen LogP contribution in [0.2, 0.25) is 0 Å². The monoisotopic (exact) mass is 580 g/mol.